The summed E-state index contributed by atoms with van der Waals surface area (Å²) in [7, 11) is 0. The van der Waals surface area contributed by atoms with Crippen molar-refractivity contribution in [1.29, 1.82) is 0 Å². The number of thiophene rings is 1. The Hall–Kier alpha value is -3.13. The second-order valence-electron chi connectivity index (χ2n) is 6.12. The summed E-state index contributed by atoms with van der Waals surface area (Å²) < 4.78 is 1.79. The Bertz CT molecular complexity index is 935. The van der Waals surface area contributed by atoms with Gasteiger partial charge in [-0.15, -0.1) is 11.3 Å². The predicted molar refractivity (Wildman–Crippen MR) is 106 cm³/mol. The molecule has 0 saturated heterocycles. The predicted octanol–water partition coefficient (Wildman–Crippen LogP) is 3.29. The van der Waals surface area contributed by atoms with Gasteiger partial charge < -0.3 is 16.4 Å². The van der Waals surface area contributed by atoms with E-state index in [1.807, 2.05) is 61.7 Å². The third-order valence-electron chi connectivity index (χ3n) is 4.15. The lowest BCUT2D eigenvalue weighted by Crippen LogP contribution is -2.35. The first-order chi connectivity index (χ1) is 13.0. The highest BCUT2D eigenvalue weighted by atomic mass is 32.1. The molecular formula is C19H21N5O2S. The molecule has 1 unspecified atom stereocenters. The SMILES string of the molecule is Cc1nn(-c2ccccc2)c(C)c1NC(=O)CC(NC(N)=O)c1cccs1. The largest absolute Gasteiger partial charge is 0.352 e. The summed E-state index contributed by atoms with van der Waals surface area (Å²) in [5.74, 6) is -0.221. The van der Waals surface area contributed by atoms with Crippen LogP contribution in [0.2, 0.25) is 0 Å². The molecule has 0 aliphatic heterocycles. The van der Waals surface area contributed by atoms with Gasteiger partial charge in [-0.05, 0) is 37.4 Å². The van der Waals surface area contributed by atoms with Crippen LogP contribution < -0.4 is 16.4 Å². The van der Waals surface area contributed by atoms with Gasteiger partial charge in [0, 0.05) is 4.88 Å². The van der Waals surface area contributed by atoms with Crippen LogP contribution in [-0.4, -0.2) is 21.7 Å². The number of carbonyl (C=O) groups excluding carboxylic acids is 2. The zero-order valence-corrected chi connectivity index (χ0v) is 15.9. The number of nitrogens with two attached hydrogens (primary N) is 1. The van der Waals surface area contributed by atoms with E-state index < -0.39 is 12.1 Å². The standard InChI is InChI=1S/C19H21N5O2S/c1-12-18(13(2)24(23-12)14-7-4-3-5-8-14)22-17(25)11-15(21-19(20)26)16-9-6-10-27-16/h3-10,15H,11H2,1-2H3,(H,22,25)(H3,20,21,26). The number of primary amides is 1. The summed E-state index contributed by atoms with van der Waals surface area (Å²) in [4.78, 5) is 24.8. The summed E-state index contributed by atoms with van der Waals surface area (Å²) in [5, 5.41) is 12.0. The van der Waals surface area contributed by atoms with Crippen molar-refractivity contribution in [3.05, 3.63) is 64.1 Å². The van der Waals surface area contributed by atoms with Crippen molar-refractivity contribution >= 4 is 29.0 Å². The Morgan fingerprint density at radius 3 is 2.56 bits per heavy atom. The molecule has 8 heteroatoms. The number of urea groups is 1. The maximum atomic E-state index is 12.6. The first-order valence-electron chi connectivity index (χ1n) is 8.46. The molecule has 7 nitrogen and oxygen atoms in total. The third-order valence-corrected chi connectivity index (χ3v) is 5.14. The first-order valence-corrected chi connectivity index (χ1v) is 9.34. The number of nitrogens with zero attached hydrogens (tertiary/aromatic N) is 2. The fourth-order valence-electron chi connectivity index (χ4n) is 2.90. The van der Waals surface area contributed by atoms with Gasteiger partial charge in [-0.1, -0.05) is 24.3 Å². The zero-order valence-electron chi connectivity index (χ0n) is 15.1. The topological polar surface area (TPSA) is 102 Å². The van der Waals surface area contributed by atoms with Crippen LogP contribution in [0.15, 0.2) is 47.8 Å². The van der Waals surface area contributed by atoms with E-state index in [1.165, 1.54) is 11.3 Å². The average molecular weight is 383 g/mol. The van der Waals surface area contributed by atoms with Gasteiger partial charge in [0.05, 0.1) is 35.2 Å². The molecule has 0 saturated carbocycles. The number of rotatable bonds is 6. The van der Waals surface area contributed by atoms with E-state index in [2.05, 4.69) is 15.7 Å². The van der Waals surface area contributed by atoms with Crippen molar-refractivity contribution in [1.82, 2.24) is 15.1 Å². The van der Waals surface area contributed by atoms with Crippen molar-refractivity contribution in [3.8, 4) is 5.69 Å². The number of hydrogen-bond donors (Lipinski definition) is 3. The Morgan fingerprint density at radius 2 is 1.93 bits per heavy atom. The molecule has 0 radical (unpaired) electrons. The molecule has 0 spiro atoms. The highest BCUT2D eigenvalue weighted by molar-refractivity contribution is 7.10. The van der Waals surface area contributed by atoms with E-state index in [0.717, 1.165) is 22.0 Å². The van der Waals surface area contributed by atoms with Crippen molar-refractivity contribution < 1.29 is 9.59 Å². The molecule has 2 aromatic heterocycles. The molecule has 4 N–H and O–H groups in total. The van der Waals surface area contributed by atoms with E-state index >= 15 is 0 Å². The Balaban J connectivity index is 1.77. The molecule has 1 atom stereocenters. The Kier molecular flexibility index (Phi) is 5.56. The van der Waals surface area contributed by atoms with Gasteiger partial charge in [0.25, 0.3) is 0 Å². The number of benzene rings is 1. The van der Waals surface area contributed by atoms with Crippen LogP contribution in [0.3, 0.4) is 0 Å². The lowest BCUT2D eigenvalue weighted by molar-refractivity contribution is -0.116. The van der Waals surface area contributed by atoms with E-state index in [4.69, 9.17) is 5.73 Å². The molecule has 3 aromatic rings. The normalized spacial score (nSPS) is 11.8. The molecule has 0 aliphatic rings. The second kappa shape index (κ2) is 8.05. The smallest absolute Gasteiger partial charge is 0.312 e. The van der Waals surface area contributed by atoms with Gasteiger partial charge >= 0.3 is 6.03 Å². The van der Waals surface area contributed by atoms with Crippen LogP contribution in [-0.2, 0) is 4.79 Å². The molecule has 140 valence electrons. The molecule has 0 bridgehead atoms. The summed E-state index contributed by atoms with van der Waals surface area (Å²) in [6.45, 7) is 3.75. The third kappa shape index (κ3) is 4.35. The van der Waals surface area contributed by atoms with Crippen molar-refractivity contribution in [2.24, 2.45) is 5.73 Å². The minimum atomic E-state index is -0.662. The van der Waals surface area contributed by atoms with Gasteiger partial charge in [0.1, 0.15) is 0 Å². The first kappa shape index (κ1) is 18.7. The molecule has 1 aromatic carbocycles. The maximum absolute atomic E-state index is 12.6. The molecule has 3 rings (SSSR count). The number of nitrogens with one attached hydrogen (secondary N) is 2. The quantitative estimate of drug-likeness (QED) is 0.609. The Morgan fingerprint density at radius 1 is 1.19 bits per heavy atom. The van der Waals surface area contributed by atoms with Gasteiger partial charge in [-0.2, -0.15) is 5.10 Å². The number of carbonyl (C=O) groups is 2. The maximum Gasteiger partial charge on any atom is 0.312 e. The van der Waals surface area contributed by atoms with Gasteiger partial charge in [-0.3, -0.25) is 4.79 Å². The van der Waals surface area contributed by atoms with Crippen LogP contribution in [0, 0.1) is 13.8 Å². The minimum absolute atomic E-state index is 0.0822. The number of para-hydroxylation sites is 1. The highest BCUT2D eigenvalue weighted by Gasteiger charge is 2.21. The van der Waals surface area contributed by atoms with E-state index in [-0.39, 0.29) is 12.3 Å². The molecular weight excluding hydrogens is 362 g/mol. The monoisotopic (exact) mass is 383 g/mol. The second-order valence-corrected chi connectivity index (χ2v) is 7.10. The zero-order chi connectivity index (χ0) is 19.4. The Labute approximate surface area is 161 Å². The summed E-state index contributed by atoms with van der Waals surface area (Å²) in [6, 6.07) is 12.3. The molecule has 3 amide bonds. The van der Waals surface area contributed by atoms with Crippen LogP contribution >= 0.6 is 11.3 Å². The fraction of sp³-hybridized carbons (Fsp3) is 0.211. The van der Waals surface area contributed by atoms with Crippen LogP contribution in [0.5, 0.6) is 0 Å². The summed E-state index contributed by atoms with van der Waals surface area (Å²) >= 11 is 1.46. The number of aryl methyl sites for hydroxylation is 1. The number of anilines is 1. The number of amides is 3. The lowest BCUT2D eigenvalue weighted by atomic mass is 10.1. The lowest BCUT2D eigenvalue weighted by Gasteiger charge is -2.16. The van der Waals surface area contributed by atoms with Crippen LogP contribution in [0.1, 0.15) is 28.7 Å². The van der Waals surface area contributed by atoms with E-state index in [1.54, 1.807) is 4.68 Å². The number of hydrogen-bond acceptors (Lipinski definition) is 4. The summed E-state index contributed by atoms with van der Waals surface area (Å²) in [5.41, 5.74) is 8.41. The van der Waals surface area contributed by atoms with Crippen LogP contribution in [0.4, 0.5) is 10.5 Å². The van der Waals surface area contributed by atoms with Gasteiger partial charge in [-0.25, -0.2) is 9.48 Å². The average Bonchev–Trinajstić information content (AvgIpc) is 3.26. The summed E-state index contributed by atoms with van der Waals surface area (Å²) in [6.07, 6.45) is 0.0822. The van der Waals surface area contributed by atoms with Gasteiger partial charge in [0.2, 0.25) is 5.91 Å². The van der Waals surface area contributed by atoms with Gasteiger partial charge in [0.15, 0.2) is 0 Å². The van der Waals surface area contributed by atoms with E-state index in [9.17, 15) is 9.59 Å². The molecule has 0 aliphatic carbocycles. The van der Waals surface area contributed by atoms with Crippen LogP contribution in [0.25, 0.3) is 5.69 Å². The van der Waals surface area contributed by atoms with Crippen molar-refractivity contribution in [2.45, 2.75) is 26.3 Å². The molecule has 27 heavy (non-hydrogen) atoms. The van der Waals surface area contributed by atoms with E-state index in [0.29, 0.717) is 5.69 Å². The molecule has 0 fully saturated rings. The fourth-order valence-corrected chi connectivity index (χ4v) is 3.68. The van der Waals surface area contributed by atoms with Crippen molar-refractivity contribution in [2.75, 3.05) is 5.32 Å². The molecule has 2 heterocycles. The highest BCUT2D eigenvalue weighted by Crippen LogP contribution is 2.25. The van der Waals surface area contributed by atoms with Crippen molar-refractivity contribution in [3.63, 3.8) is 0 Å². The minimum Gasteiger partial charge on any atom is -0.352 e. The number of aromatic nitrogens is 2.